The number of allylic oxidation sites excluding steroid dienone is 2. The first-order valence-corrected chi connectivity index (χ1v) is 4.22. The fourth-order valence-corrected chi connectivity index (χ4v) is 1.40. The molecule has 12 heavy (non-hydrogen) atoms. The van der Waals surface area contributed by atoms with Gasteiger partial charge >= 0.3 is 0 Å². The molecule has 0 aliphatic carbocycles. The van der Waals surface area contributed by atoms with E-state index in [1.165, 1.54) is 5.70 Å². The predicted molar refractivity (Wildman–Crippen MR) is 52.2 cm³/mol. The van der Waals surface area contributed by atoms with Gasteiger partial charge < -0.3 is 0 Å². The molecule has 0 aromatic rings. The van der Waals surface area contributed by atoms with E-state index in [-0.39, 0.29) is 5.41 Å². The minimum absolute atomic E-state index is 0.197. The minimum Gasteiger partial charge on any atom is -0.292 e. The van der Waals surface area contributed by atoms with Crippen molar-refractivity contribution in [2.24, 2.45) is 5.41 Å². The lowest BCUT2D eigenvalue weighted by atomic mass is 9.92. The van der Waals surface area contributed by atoms with Crippen molar-refractivity contribution in [2.75, 3.05) is 14.1 Å². The maximum Gasteiger partial charge on any atom is 0.0517 e. The highest BCUT2D eigenvalue weighted by Crippen LogP contribution is 2.34. The molecule has 0 atom stereocenters. The molecule has 0 unspecified atom stereocenters. The third-order valence-electron chi connectivity index (χ3n) is 2.29. The first-order chi connectivity index (χ1) is 5.34. The smallest absolute Gasteiger partial charge is 0.0517 e. The van der Waals surface area contributed by atoms with Crippen LogP contribution in [0.4, 0.5) is 0 Å². The number of hydrogen-bond acceptors (Lipinski definition) is 2. The van der Waals surface area contributed by atoms with E-state index >= 15 is 0 Å². The zero-order valence-electron chi connectivity index (χ0n) is 8.68. The van der Waals surface area contributed by atoms with Gasteiger partial charge in [-0.05, 0) is 6.08 Å². The number of hydrazine groups is 1. The monoisotopic (exact) mass is 166 g/mol. The Kier molecular flexibility index (Phi) is 1.94. The SMILES string of the molecule is C=C1C=C(C(C)(C)C)N(C)N1C. The lowest BCUT2D eigenvalue weighted by Gasteiger charge is -2.32. The number of hydrogen-bond donors (Lipinski definition) is 0. The summed E-state index contributed by atoms with van der Waals surface area (Å²) in [7, 11) is 4.09. The van der Waals surface area contributed by atoms with E-state index in [1.54, 1.807) is 0 Å². The fourth-order valence-electron chi connectivity index (χ4n) is 1.40. The molecule has 1 rings (SSSR count). The molecule has 1 aliphatic rings. The molecule has 0 bridgehead atoms. The molecule has 0 saturated carbocycles. The Morgan fingerprint density at radius 3 is 1.83 bits per heavy atom. The van der Waals surface area contributed by atoms with Crippen molar-refractivity contribution in [1.82, 2.24) is 10.0 Å². The molecule has 0 amide bonds. The summed E-state index contributed by atoms with van der Waals surface area (Å²) in [5.41, 5.74) is 2.57. The molecule has 0 radical (unpaired) electrons. The summed E-state index contributed by atoms with van der Waals surface area (Å²) in [6.45, 7) is 10.6. The quantitative estimate of drug-likeness (QED) is 0.544. The van der Waals surface area contributed by atoms with E-state index in [0.717, 1.165) is 5.70 Å². The van der Waals surface area contributed by atoms with E-state index in [2.05, 4.69) is 50.5 Å². The first kappa shape index (κ1) is 9.17. The first-order valence-electron chi connectivity index (χ1n) is 4.22. The standard InChI is InChI=1S/C10H18N2/c1-8-7-9(10(2,3)4)12(6)11(8)5/h7H,1H2,2-6H3. The van der Waals surface area contributed by atoms with Gasteiger partial charge in [0.15, 0.2) is 0 Å². The second-order valence-corrected chi connectivity index (χ2v) is 4.32. The summed E-state index contributed by atoms with van der Waals surface area (Å²) in [6, 6.07) is 0. The molecule has 2 heteroatoms. The number of nitrogens with zero attached hydrogens (tertiary/aromatic N) is 2. The van der Waals surface area contributed by atoms with Crippen LogP contribution in [0.2, 0.25) is 0 Å². The fraction of sp³-hybridized carbons (Fsp3) is 0.600. The summed E-state index contributed by atoms with van der Waals surface area (Å²) in [6.07, 6.45) is 2.14. The van der Waals surface area contributed by atoms with Crippen molar-refractivity contribution in [2.45, 2.75) is 20.8 Å². The Morgan fingerprint density at radius 1 is 1.17 bits per heavy atom. The van der Waals surface area contributed by atoms with Gasteiger partial charge in [-0.15, -0.1) is 0 Å². The summed E-state index contributed by atoms with van der Waals surface area (Å²) in [4.78, 5) is 0. The largest absolute Gasteiger partial charge is 0.292 e. The van der Waals surface area contributed by atoms with Crippen LogP contribution in [0.1, 0.15) is 20.8 Å². The molecule has 0 N–H and O–H groups in total. The van der Waals surface area contributed by atoms with Gasteiger partial charge in [0.25, 0.3) is 0 Å². The van der Waals surface area contributed by atoms with E-state index in [4.69, 9.17) is 0 Å². The van der Waals surface area contributed by atoms with Crippen LogP contribution in [-0.2, 0) is 0 Å². The molecule has 1 aliphatic heterocycles. The normalized spacial score (nSPS) is 18.8. The van der Waals surface area contributed by atoms with Crippen LogP contribution < -0.4 is 0 Å². The van der Waals surface area contributed by atoms with Crippen LogP contribution in [0.5, 0.6) is 0 Å². The van der Waals surface area contributed by atoms with Gasteiger partial charge in [-0.3, -0.25) is 10.0 Å². The zero-order chi connectivity index (χ0) is 9.52. The molecule has 0 fully saturated rings. The molecule has 2 nitrogen and oxygen atoms in total. The van der Waals surface area contributed by atoms with Crippen molar-refractivity contribution in [1.29, 1.82) is 0 Å². The van der Waals surface area contributed by atoms with Crippen molar-refractivity contribution in [3.63, 3.8) is 0 Å². The van der Waals surface area contributed by atoms with Gasteiger partial charge in [-0.2, -0.15) is 0 Å². The summed E-state index contributed by atoms with van der Waals surface area (Å²) < 4.78 is 0. The molecule has 0 aromatic heterocycles. The van der Waals surface area contributed by atoms with Gasteiger partial charge in [-0.1, -0.05) is 27.4 Å². The molecular formula is C10H18N2. The minimum atomic E-state index is 0.197. The van der Waals surface area contributed by atoms with Gasteiger partial charge in [0, 0.05) is 25.2 Å². The van der Waals surface area contributed by atoms with Crippen LogP contribution in [0.25, 0.3) is 0 Å². The Balaban J connectivity index is 2.95. The van der Waals surface area contributed by atoms with Crippen molar-refractivity contribution < 1.29 is 0 Å². The average molecular weight is 166 g/mol. The number of likely N-dealkylation sites (N-methyl/N-ethyl adjacent to an activating group) is 1. The lowest BCUT2D eigenvalue weighted by Crippen LogP contribution is -2.33. The van der Waals surface area contributed by atoms with Gasteiger partial charge in [-0.25, -0.2) is 0 Å². The molecule has 0 spiro atoms. The van der Waals surface area contributed by atoms with Gasteiger partial charge in [0.2, 0.25) is 0 Å². The van der Waals surface area contributed by atoms with Crippen LogP contribution in [-0.4, -0.2) is 24.1 Å². The molecular weight excluding hydrogens is 148 g/mol. The summed E-state index contributed by atoms with van der Waals surface area (Å²) in [5, 5.41) is 4.20. The van der Waals surface area contributed by atoms with E-state index in [1.807, 2.05) is 7.05 Å². The number of rotatable bonds is 0. The van der Waals surface area contributed by atoms with Gasteiger partial charge in [0.1, 0.15) is 0 Å². The highest BCUT2D eigenvalue weighted by molar-refractivity contribution is 5.27. The Labute approximate surface area is 75.1 Å². The highest BCUT2D eigenvalue weighted by Gasteiger charge is 2.28. The maximum atomic E-state index is 3.96. The lowest BCUT2D eigenvalue weighted by molar-refractivity contribution is 0.106. The maximum absolute atomic E-state index is 3.96. The summed E-state index contributed by atoms with van der Waals surface area (Å²) >= 11 is 0. The van der Waals surface area contributed by atoms with Gasteiger partial charge in [0.05, 0.1) is 5.70 Å². The van der Waals surface area contributed by atoms with E-state index in [0.29, 0.717) is 0 Å². The predicted octanol–water partition coefficient (Wildman–Crippen LogP) is 2.22. The Hall–Kier alpha value is -0.920. The van der Waals surface area contributed by atoms with Crippen LogP contribution in [0, 0.1) is 5.41 Å². The summed E-state index contributed by atoms with van der Waals surface area (Å²) in [5.74, 6) is 0. The zero-order valence-corrected chi connectivity index (χ0v) is 8.68. The average Bonchev–Trinajstić information content (AvgIpc) is 2.15. The highest BCUT2D eigenvalue weighted by atomic mass is 15.6. The molecule has 68 valence electrons. The second-order valence-electron chi connectivity index (χ2n) is 4.32. The van der Waals surface area contributed by atoms with E-state index in [9.17, 15) is 0 Å². The van der Waals surface area contributed by atoms with Crippen molar-refractivity contribution >= 4 is 0 Å². The van der Waals surface area contributed by atoms with E-state index < -0.39 is 0 Å². The molecule has 0 saturated heterocycles. The Bertz CT molecular complexity index is 233. The van der Waals surface area contributed by atoms with Crippen LogP contribution in [0.3, 0.4) is 0 Å². The van der Waals surface area contributed by atoms with Crippen LogP contribution in [0.15, 0.2) is 24.0 Å². The second kappa shape index (κ2) is 2.54. The third kappa shape index (κ3) is 1.33. The molecule has 0 aromatic carbocycles. The van der Waals surface area contributed by atoms with Crippen LogP contribution >= 0.6 is 0 Å². The topological polar surface area (TPSA) is 6.48 Å². The molecule has 1 heterocycles. The van der Waals surface area contributed by atoms with Crippen molar-refractivity contribution in [3.05, 3.63) is 24.0 Å². The third-order valence-corrected chi connectivity index (χ3v) is 2.29. The van der Waals surface area contributed by atoms with Crippen molar-refractivity contribution in [3.8, 4) is 0 Å². The Morgan fingerprint density at radius 2 is 1.67 bits per heavy atom.